The van der Waals surface area contributed by atoms with Gasteiger partial charge in [-0.05, 0) is 75.1 Å². The van der Waals surface area contributed by atoms with Crippen molar-refractivity contribution < 1.29 is 63.3 Å². The largest absolute Gasteiger partial charge is 0.481 e. The number of hydrogen-bond acceptors (Lipinski definition) is 14. The minimum atomic E-state index is -1.58. The summed E-state index contributed by atoms with van der Waals surface area (Å²) in [5.41, 5.74) is 19.7. The van der Waals surface area contributed by atoms with Crippen LogP contribution in [0.3, 0.4) is 0 Å². The topological polar surface area (TPSA) is 429 Å². The Hall–Kier alpha value is -8.23. The molecule has 76 heavy (non-hydrogen) atoms. The molecule has 26 heteroatoms. The number of rotatable bonds is 31. The number of nitrogens with two attached hydrogens (primary N) is 3. The van der Waals surface area contributed by atoms with Gasteiger partial charge in [0.25, 0.3) is 0 Å². The number of H-pyrrole nitrogens is 2. The molecule has 0 radical (unpaired) electrons. The Balaban J connectivity index is 1.32. The number of aromatic amines is 2. The molecule has 0 saturated carbocycles. The van der Waals surface area contributed by atoms with Crippen LogP contribution in [0.25, 0.3) is 10.9 Å². The number of aromatic nitrogens is 3. The number of para-hydroxylation sites is 1. The first kappa shape index (κ1) is 58.7. The molecular formula is C50H67N13O13. The number of carbonyl (C=O) groups excluding carboxylic acids is 8. The van der Waals surface area contributed by atoms with Crippen molar-refractivity contribution in [3.05, 3.63) is 90.1 Å². The molecule has 1 aliphatic heterocycles. The maximum atomic E-state index is 14.5. The first-order valence-corrected chi connectivity index (χ1v) is 24.9. The number of aliphatic hydroxyl groups excluding tert-OH is 1. The van der Waals surface area contributed by atoms with E-state index in [1.165, 1.54) is 17.4 Å². The zero-order valence-corrected chi connectivity index (χ0v) is 41.7. The number of nitrogens with zero attached hydrogens (tertiary/aromatic N) is 2. The van der Waals surface area contributed by atoms with Gasteiger partial charge in [0.05, 0.1) is 19.0 Å². The van der Waals surface area contributed by atoms with Crippen molar-refractivity contribution in [3.8, 4) is 0 Å². The molecule has 2 aromatic heterocycles. The fraction of sp³-hybridized carbons (Fsp3) is 0.460. The normalized spacial score (nSPS) is 15.9. The van der Waals surface area contributed by atoms with Gasteiger partial charge in [0, 0.05) is 61.2 Å². The molecule has 1 aliphatic rings. The second-order valence-corrected chi connectivity index (χ2v) is 18.4. The van der Waals surface area contributed by atoms with E-state index in [9.17, 15) is 63.3 Å². The highest BCUT2D eigenvalue weighted by atomic mass is 16.4. The quantitative estimate of drug-likeness (QED) is 0.0231. The van der Waals surface area contributed by atoms with E-state index >= 15 is 0 Å². The number of carboxylic acids is 2. The van der Waals surface area contributed by atoms with Crippen LogP contribution in [-0.2, 0) is 67.2 Å². The standard InChI is InChI=1S/C50H67N13O13/c51-19-7-6-13-36(50(75)76)59-44(69)35(16-18-42(66)67)57-46(71)37(21-28-9-2-1-3-10-28)60-45(70)34(15-17-41(53)65)58-48(73)40-14-8-20-63(40)49(74)38(23-30-25-54-27-56-30)61-47(72)39(26-64)62-43(68)32(52)22-29-24-55-33-12-5-4-11-31(29)33/h1-5,9-12,24-25,27,32,34-40,55,64H,6-8,13-23,26,51-52H2,(H2,53,65)(H,54,56)(H,57,71)(H,58,73)(H,59,69)(H,60,70)(H,61,72)(H,62,68)(H,66,67)(H,75,76). The summed E-state index contributed by atoms with van der Waals surface area (Å²) < 4.78 is 0. The molecule has 0 aliphatic carbocycles. The van der Waals surface area contributed by atoms with Gasteiger partial charge in [-0.25, -0.2) is 9.78 Å². The number of fused-ring (bicyclic) bond motifs is 1. The number of carboxylic acid groups (broad SMARTS) is 2. The summed E-state index contributed by atoms with van der Waals surface area (Å²) in [6.45, 7) is -0.580. The molecule has 5 rings (SSSR count). The molecule has 26 nitrogen and oxygen atoms in total. The number of carbonyl (C=O) groups is 10. The lowest BCUT2D eigenvalue weighted by atomic mass is 10.0. The third kappa shape index (κ3) is 17.4. The molecule has 1 fully saturated rings. The van der Waals surface area contributed by atoms with E-state index in [1.54, 1.807) is 36.5 Å². The van der Waals surface area contributed by atoms with Crippen LogP contribution in [0.1, 0.15) is 74.6 Å². The van der Waals surface area contributed by atoms with Crippen molar-refractivity contribution >= 4 is 70.1 Å². The van der Waals surface area contributed by atoms with E-state index in [-0.39, 0.29) is 51.6 Å². The number of imidazole rings is 1. The van der Waals surface area contributed by atoms with Crippen LogP contribution < -0.4 is 49.1 Å². The summed E-state index contributed by atoms with van der Waals surface area (Å²) in [6, 6.07) is 4.34. The molecule has 8 atom stereocenters. The van der Waals surface area contributed by atoms with Crippen molar-refractivity contribution in [2.24, 2.45) is 17.2 Å². The summed E-state index contributed by atoms with van der Waals surface area (Å²) in [7, 11) is 0. The molecule has 4 aromatic rings. The van der Waals surface area contributed by atoms with Gasteiger partial charge in [0.1, 0.15) is 42.3 Å². The molecule has 3 heterocycles. The second kappa shape index (κ2) is 29.0. The third-order valence-corrected chi connectivity index (χ3v) is 12.8. The molecule has 8 amide bonds. The van der Waals surface area contributed by atoms with Crippen molar-refractivity contribution in [3.63, 3.8) is 0 Å². The minimum Gasteiger partial charge on any atom is -0.481 e. The lowest BCUT2D eigenvalue weighted by Gasteiger charge is -2.31. The van der Waals surface area contributed by atoms with Gasteiger partial charge in [-0.15, -0.1) is 0 Å². The van der Waals surface area contributed by atoms with Crippen LogP contribution in [0.2, 0.25) is 0 Å². The van der Waals surface area contributed by atoms with Gasteiger partial charge in [-0.3, -0.25) is 43.2 Å². The van der Waals surface area contributed by atoms with Crippen molar-refractivity contribution in [2.45, 2.75) is 125 Å². The lowest BCUT2D eigenvalue weighted by molar-refractivity contribution is -0.143. The van der Waals surface area contributed by atoms with E-state index in [1.807, 2.05) is 24.3 Å². The molecular weight excluding hydrogens is 991 g/mol. The number of nitrogens with one attached hydrogen (secondary N) is 8. The highest BCUT2D eigenvalue weighted by molar-refractivity contribution is 5.98. The van der Waals surface area contributed by atoms with Gasteiger partial charge >= 0.3 is 11.9 Å². The fourth-order valence-corrected chi connectivity index (χ4v) is 8.68. The fourth-order valence-electron chi connectivity index (χ4n) is 8.68. The number of likely N-dealkylation sites (tertiary alicyclic amines) is 1. The summed E-state index contributed by atoms with van der Waals surface area (Å²) in [5, 5.41) is 45.4. The van der Waals surface area contributed by atoms with E-state index < -0.39 is 133 Å². The van der Waals surface area contributed by atoms with E-state index in [2.05, 4.69) is 46.9 Å². The molecule has 17 N–H and O–H groups in total. The smallest absolute Gasteiger partial charge is 0.326 e. The van der Waals surface area contributed by atoms with Gasteiger partial charge in [-0.2, -0.15) is 0 Å². The molecule has 2 aromatic carbocycles. The molecule has 1 saturated heterocycles. The van der Waals surface area contributed by atoms with Crippen LogP contribution in [0.5, 0.6) is 0 Å². The first-order valence-electron chi connectivity index (χ1n) is 24.9. The minimum absolute atomic E-state index is 0.00545. The predicted molar refractivity (Wildman–Crippen MR) is 272 cm³/mol. The number of primary amides is 1. The van der Waals surface area contributed by atoms with E-state index in [0.717, 1.165) is 16.5 Å². The molecule has 8 unspecified atom stereocenters. The third-order valence-electron chi connectivity index (χ3n) is 12.8. The highest BCUT2D eigenvalue weighted by Gasteiger charge is 2.40. The number of benzene rings is 2. The highest BCUT2D eigenvalue weighted by Crippen LogP contribution is 2.22. The van der Waals surface area contributed by atoms with Crippen LogP contribution in [0.4, 0.5) is 0 Å². The second-order valence-electron chi connectivity index (χ2n) is 18.4. The van der Waals surface area contributed by atoms with Crippen LogP contribution >= 0.6 is 0 Å². The Morgan fingerprint density at radius 2 is 1.30 bits per heavy atom. The van der Waals surface area contributed by atoms with Gasteiger partial charge in [-0.1, -0.05) is 48.5 Å². The average molecular weight is 1060 g/mol. The van der Waals surface area contributed by atoms with Crippen molar-refractivity contribution in [2.75, 3.05) is 19.7 Å². The zero-order chi connectivity index (χ0) is 55.3. The monoisotopic (exact) mass is 1060 g/mol. The Labute approximate surface area is 436 Å². The average Bonchev–Trinajstić information content (AvgIpc) is 4.20. The Morgan fingerprint density at radius 3 is 1.96 bits per heavy atom. The number of aliphatic hydroxyl groups is 1. The molecule has 0 spiro atoms. The Kier molecular flexibility index (Phi) is 22.4. The van der Waals surface area contributed by atoms with Gasteiger partial charge in [0.15, 0.2) is 0 Å². The predicted octanol–water partition coefficient (Wildman–Crippen LogP) is -2.52. The summed E-state index contributed by atoms with van der Waals surface area (Å²) in [4.78, 5) is 145. The summed E-state index contributed by atoms with van der Waals surface area (Å²) in [6.07, 6.45) is 3.50. The summed E-state index contributed by atoms with van der Waals surface area (Å²) >= 11 is 0. The number of hydrogen-bond donors (Lipinski definition) is 14. The zero-order valence-electron chi connectivity index (χ0n) is 41.7. The van der Waals surface area contributed by atoms with Crippen LogP contribution in [0, 0.1) is 0 Å². The van der Waals surface area contributed by atoms with Crippen LogP contribution in [0.15, 0.2) is 73.3 Å². The number of unbranched alkanes of at least 4 members (excludes halogenated alkanes) is 1. The SMILES string of the molecule is NCCCCC(NC(=O)C(CCC(=O)O)NC(=O)C(Cc1ccccc1)NC(=O)C(CCC(N)=O)NC(=O)C1CCCN1C(=O)C(Cc1cnc[nH]1)NC(=O)C(CO)NC(=O)C(N)Cc1c[nH]c2ccccc12)C(=O)O. The number of amides is 8. The van der Waals surface area contributed by atoms with Gasteiger partial charge < -0.3 is 79.3 Å². The van der Waals surface area contributed by atoms with Crippen LogP contribution in [-0.4, -0.2) is 162 Å². The maximum Gasteiger partial charge on any atom is 0.326 e. The van der Waals surface area contributed by atoms with Crippen molar-refractivity contribution in [1.82, 2.24) is 51.8 Å². The molecule has 410 valence electrons. The molecule has 0 bridgehead atoms. The summed E-state index contributed by atoms with van der Waals surface area (Å²) in [5.74, 6) is -9.78. The maximum absolute atomic E-state index is 14.5. The first-order chi connectivity index (χ1) is 36.4. The van der Waals surface area contributed by atoms with Crippen molar-refractivity contribution in [1.29, 1.82) is 0 Å². The van der Waals surface area contributed by atoms with E-state index in [4.69, 9.17) is 17.2 Å². The van der Waals surface area contributed by atoms with E-state index in [0.29, 0.717) is 30.5 Å². The van der Waals surface area contributed by atoms with Gasteiger partial charge in [0.2, 0.25) is 47.3 Å². The Morgan fingerprint density at radius 1 is 0.684 bits per heavy atom. The number of aliphatic carboxylic acids is 2. The lowest BCUT2D eigenvalue weighted by Crippen LogP contribution is -2.60. The Bertz CT molecular complexity index is 2650.